The second-order valence-corrected chi connectivity index (χ2v) is 5.04. The maximum Gasteiger partial charge on any atom is 0.415 e. The second-order valence-electron chi connectivity index (χ2n) is 4.64. The molecule has 4 heteroatoms. The summed E-state index contributed by atoms with van der Waals surface area (Å²) in [5.41, 5.74) is 0. The fourth-order valence-electron chi connectivity index (χ4n) is 2.17. The molecule has 1 aliphatic heterocycles. The number of hydrogen-bond acceptors (Lipinski definition) is 2. The predicted molar refractivity (Wildman–Crippen MR) is 75.2 cm³/mol. The van der Waals surface area contributed by atoms with Crippen molar-refractivity contribution in [3.63, 3.8) is 0 Å². The zero-order valence-corrected chi connectivity index (χ0v) is 11.4. The van der Waals surface area contributed by atoms with Gasteiger partial charge >= 0.3 is 6.09 Å². The molecule has 1 saturated heterocycles. The number of rotatable bonds is 2. The minimum Gasteiger partial charge on any atom is -0.409 e. The number of likely N-dealkylation sites (tertiary alicyclic amines) is 1. The van der Waals surface area contributed by atoms with E-state index in [0.717, 1.165) is 19.3 Å². The van der Waals surface area contributed by atoms with E-state index in [4.69, 9.17) is 22.8 Å². The van der Waals surface area contributed by atoms with Gasteiger partial charge in [-0.3, -0.25) is 0 Å². The number of para-hydroxylation sites is 1. The Labute approximate surface area is 118 Å². The van der Waals surface area contributed by atoms with Gasteiger partial charge in [-0.15, -0.1) is 12.3 Å². The van der Waals surface area contributed by atoms with E-state index in [1.54, 1.807) is 29.2 Å². The van der Waals surface area contributed by atoms with Gasteiger partial charge in [-0.05, 0) is 30.9 Å². The number of hydrogen-bond donors (Lipinski definition) is 0. The summed E-state index contributed by atoms with van der Waals surface area (Å²) in [6.45, 7) is 1.38. The summed E-state index contributed by atoms with van der Waals surface area (Å²) in [5.74, 6) is 3.60. The lowest BCUT2D eigenvalue weighted by Crippen LogP contribution is -2.40. The summed E-state index contributed by atoms with van der Waals surface area (Å²) in [5, 5.41) is 0.443. The van der Waals surface area contributed by atoms with E-state index in [2.05, 4.69) is 5.92 Å². The molecule has 1 aliphatic rings. The fourth-order valence-corrected chi connectivity index (χ4v) is 2.35. The highest BCUT2D eigenvalue weighted by Gasteiger charge is 2.23. The van der Waals surface area contributed by atoms with E-state index in [1.807, 2.05) is 0 Å². The summed E-state index contributed by atoms with van der Waals surface area (Å²) in [6, 6.07) is 6.97. The van der Waals surface area contributed by atoms with Gasteiger partial charge in [0.2, 0.25) is 0 Å². The molecule has 0 aliphatic carbocycles. The largest absolute Gasteiger partial charge is 0.415 e. The Morgan fingerprint density at radius 2 is 2.11 bits per heavy atom. The molecule has 0 N–H and O–H groups in total. The van der Waals surface area contributed by atoms with Gasteiger partial charge in [-0.2, -0.15) is 0 Å². The molecule has 0 unspecified atom stereocenters. The Bertz CT molecular complexity index is 487. The molecule has 1 aromatic rings. The lowest BCUT2D eigenvalue weighted by Gasteiger charge is -2.30. The summed E-state index contributed by atoms with van der Waals surface area (Å²) < 4.78 is 5.29. The van der Waals surface area contributed by atoms with Gasteiger partial charge in [0.15, 0.2) is 5.75 Å². The van der Waals surface area contributed by atoms with Crippen LogP contribution in [-0.4, -0.2) is 24.1 Å². The maximum absolute atomic E-state index is 12.0. The van der Waals surface area contributed by atoms with Gasteiger partial charge in [0, 0.05) is 19.5 Å². The second kappa shape index (κ2) is 6.49. The first-order valence-electron chi connectivity index (χ1n) is 6.35. The number of piperidine rings is 1. The van der Waals surface area contributed by atoms with E-state index in [9.17, 15) is 4.79 Å². The van der Waals surface area contributed by atoms with Gasteiger partial charge in [-0.25, -0.2) is 4.79 Å². The van der Waals surface area contributed by atoms with Crippen LogP contribution in [0.2, 0.25) is 5.02 Å². The van der Waals surface area contributed by atoms with Crippen molar-refractivity contribution in [2.24, 2.45) is 5.92 Å². The highest BCUT2D eigenvalue weighted by atomic mass is 35.5. The van der Waals surface area contributed by atoms with Gasteiger partial charge < -0.3 is 9.64 Å². The molecule has 0 atom stereocenters. The molecule has 2 rings (SSSR count). The zero-order chi connectivity index (χ0) is 13.7. The molecule has 0 radical (unpaired) electrons. The third-order valence-electron chi connectivity index (χ3n) is 3.31. The van der Waals surface area contributed by atoms with E-state index in [-0.39, 0.29) is 6.09 Å². The first kappa shape index (κ1) is 13.8. The van der Waals surface area contributed by atoms with Crippen LogP contribution < -0.4 is 4.74 Å². The maximum atomic E-state index is 12.0. The molecule has 0 bridgehead atoms. The Morgan fingerprint density at radius 1 is 1.42 bits per heavy atom. The van der Waals surface area contributed by atoms with Crippen molar-refractivity contribution in [1.82, 2.24) is 4.90 Å². The average Bonchev–Trinajstić information content (AvgIpc) is 2.42. The van der Waals surface area contributed by atoms with Crippen LogP contribution in [-0.2, 0) is 0 Å². The van der Waals surface area contributed by atoms with Crippen molar-refractivity contribution in [2.75, 3.05) is 13.1 Å². The quantitative estimate of drug-likeness (QED) is 0.774. The third-order valence-corrected chi connectivity index (χ3v) is 3.63. The first-order chi connectivity index (χ1) is 9.20. The third kappa shape index (κ3) is 3.65. The van der Waals surface area contributed by atoms with Crippen LogP contribution in [0.4, 0.5) is 4.79 Å². The average molecular weight is 278 g/mol. The van der Waals surface area contributed by atoms with Gasteiger partial charge in [0.1, 0.15) is 0 Å². The SMILES string of the molecule is C#CCC1CCN(C(=O)Oc2ccccc2Cl)CC1. The standard InChI is InChI=1S/C15H16ClNO2/c1-2-5-12-8-10-17(11-9-12)15(18)19-14-7-4-3-6-13(14)16/h1,3-4,6-7,12H,5,8-11H2. The van der Waals surface area contributed by atoms with Crippen molar-refractivity contribution < 1.29 is 9.53 Å². The van der Waals surface area contributed by atoms with Crippen LogP contribution in [0.5, 0.6) is 5.75 Å². The molecule has 100 valence electrons. The lowest BCUT2D eigenvalue weighted by atomic mass is 9.94. The van der Waals surface area contributed by atoms with Crippen LogP contribution in [0, 0.1) is 18.3 Å². The number of amides is 1. The van der Waals surface area contributed by atoms with Crippen LogP contribution in [0.3, 0.4) is 0 Å². The monoisotopic (exact) mass is 277 g/mol. The minimum absolute atomic E-state index is 0.341. The molecule has 0 saturated carbocycles. The predicted octanol–water partition coefficient (Wildman–Crippen LogP) is 3.57. The molecule has 1 heterocycles. The summed E-state index contributed by atoms with van der Waals surface area (Å²) in [7, 11) is 0. The first-order valence-corrected chi connectivity index (χ1v) is 6.73. The number of halogens is 1. The Hall–Kier alpha value is -1.66. The van der Waals surface area contributed by atoms with Crippen molar-refractivity contribution in [2.45, 2.75) is 19.3 Å². The van der Waals surface area contributed by atoms with E-state index >= 15 is 0 Å². The Morgan fingerprint density at radius 3 is 2.74 bits per heavy atom. The molecular weight excluding hydrogens is 262 g/mol. The van der Waals surface area contributed by atoms with Crippen molar-refractivity contribution >= 4 is 17.7 Å². The van der Waals surface area contributed by atoms with Crippen LogP contribution in [0.15, 0.2) is 24.3 Å². The molecule has 1 amide bonds. The topological polar surface area (TPSA) is 29.5 Å². The molecule has 19 heavy (non-hydrogen) atoms. The van der Waals surface area contributed by atoms with E-state index < -0.39 is 0 Å². The highest BCUT2D eigenvalue weighted by Crippen LogP contribution is 2.25. The number of benzene rings is 1. The number of carbonyl (C=O) groups is 1. The van der Waals surface area contributed by atoms with Gasteiger partial charge in [0.05, 0.1) is 5.02 Å². The van der Waals surface area contributed by atoms with Crippen molar-refractivity contribution in [1.29, 1.82) is 0 Å². The van der Waals surface area contributed by atoms with Crippen LogP contribution in [0.1, 0.15) is 19.3 Å². The smallest absolute Gasteiger partial charge is 0.409 e. The number of carbonyl (C=O) groups excluding carboxylic acids is 1. The lowest BCUT2D eigenvalue weighted by molar-refractivity contribution is 0.131. The molecule has 1 fully saturated rings. The number of ether oxygens (including phenoxy) is 1. The molecule has 0 spiro atoms. The van der Waals surface area contributed by atoms with E-state index in [1.165, 1.54) is 0 Å². The van der Waals surface area contributed by atoms with Gasteiger partial charge in [0.25, 0.3) is 0 Å². The summed E-state index contributed by atoms with van der Waals surface area (Å²) in [4.78, 5) is 13.7. The highest BCUT2D eigenvalue weighted by molar-refractivity contribution is 6.32. The zero-order valence-electron chi connectivity index (χ0n) is 10.6. The van der Waals surface area contributed by atoms with E-state index in [0.29, 0.717) is 29.8 Å². The van der Waals surface area contributed by atoms with Crippen molar-refractivity contribution in [3.05, 3.63) is 29.3 Å². The molecular formula is C15H16ClNO2. The normalized spacial score (nSPS) is 15.9. The number of nitrogens with zero attached hydrogens (tertiary/aromatic N) is 1. The summed E-state index contributed by atoms with van der Waals surface area (Å²) >= 11 is 5.95. The Kier molecular flexibility index (Phi) is 4.70. The number of terminal acetylenes is 1. The van der Waals surface area contributed by atoms with Crippen molar-refractivity contribution in [3.8, 4) is 18.1 Å². The minimum atomic E-state index is -0.341. The Balaban J connectivity index is 1.89. The van der Waals surface area contributed by atoms with Crippen LogP contribution in [0.25, 0.3) is 0 Å². The molecule has 1 aromatic carbocycles. The van der Waals surface area contributed by atoms with Gasteiger partial charge in [-0.1, -0.05) is 23.7 Å². The molecule has 3 nitrogen and oxygen atoms in total. The molecule has 0 aromatic heterocycles. The summed E-state index contributed by atoms with van der Waals surface area (Å²) in [6.07, 6.45) is 7.61. The van der Waals surface area contributed by atoms with Crippen LogP contribution >= 0.6 is 11.6 Å². The fraction of sp³-hybridized carbons (Fsp3) is 0.400.